The number of nitrogens with one attached hydrogen (secondary N) is 1. The molecule has 1 fully saturated rings. The van der Waals surface area contributed by atoms with Gasteiger partial charge < -0.3 is 4.74 Å². The second-order valence-corrected chi connectivity index (χ2v) is 6.88. The Morgan fingerprint density at radius 3 is 2.84 bits per heavy atom. The average molecular weight is 344 g/mol. The summed E-state index contributed by atoms with van der Waals surface area (Å²) in [4.78, 5) is 14.3. The molecule has 2 heterocycles. The summed E-state index contributed by atoms with van der Waals surface area (Å²) in [5, 5.41) is 6.89. The van der Waals surface area contributed by atoms with Crippen molar-refractivity contribution >= 4 is 0 Å². The Hall–Kier alpha value is -2.08. The molecule has 1 aliphatic heterocycles. The van der Waals surface area contributed by atoms with E-state index in [1.165, 1.54) is 16.7 Å². The van der Waals surface area contributed by atoms with Crippen LogP contribution in [0.5, 0.6) is 5.75 Å². The van der Waals surface area contributed by atoms with Crippen LogP contribution >= 0.6 is 0 Å². The molecule has 136 valence electrons. The first-order valence-electron chi connectivity index (χ1n) is 9.05. The molecule has 1 saturated heterocycles. The van der Waals surface area contributed by atoms with Crippen LogP contribution in [0.1, 0.15) is 48.2 Å². The summed E-state index contributed by atoms with van der Waals surface area (Å²) >= 11 is 0. The topological polar surface area (TPSA) is 63.1 Å². The summed E-state index contributed by atoms with van der Waals surface area (Å²) in [6, 6.07) is 4.23. The fourth-order valence-corrected chi connectivity index (χ4v) is 3.84. The number of benzene rings is 1. The molecule has 3 rings (SSSR count). The minimum atomic E-state index is -0.101. The number of rotatable bonds is 5. The Morgan fingerprint density at radius 2 is 2.12 bits per heavy atom. The number of aromatic nitrogens is 3. The number of methoxy groups -OCH3 is 1. The lowest BCUT2D eigenvalue weighted by Crippen LogP contribution is -2.35. The number of likely N-dealkylation sites (tertiary alicyclic amines) is 1. The zero-order valence-electron chi connectivity index (χ0n) is 15.6. The highest BCUT2D eigenvalue weighted by atomic mass is 16.5. The number of hydrogen-bond acceptors (Lipinski definition) is 4. The minimum Gasteiger partial charge on any atom is -0.496 e. The van der Waals surface area contributed by atoms with E-state index in [9.17, 15) is 4.79 Å². The molecule has 1 aromatic carbocycles. The quantitative estimate of drug-likeness (QED) is 0.905. The molecule has 0 radical (unpaired) electrons. The SMILES string of the molecule is CCn1c([C@@H]2CCCN(Cc3ccc(OC)c(C)c3C)C2)n[nH]c1=O. The lowest BCUT2D eigenvalue weighted by Gasteiger charge is -2.32. The summed E-state index contributed by atoms with van der Waals surface area (Å²) < 4.78 is 7.18. The lowest BCUT2D eigenvalue weighted by atomic mass is 9.95. The maximum atomic E-state index is 11.8. The maximum absolute atomic E-state index is 11.8. The molecule has 1 aliphatic rings. The van der Waals surface area contributed by atoms with Gasteiger partial charge >= 0.3 is 5.69 Å². The Morgan fingerprint density at radius 1 is 1.32 bits per heavy atom. The maximum Gasteiger partial charge on any atom is 0.343 e. The number of nitrogens with zero attached hydrogens (tertiary/aromatic N) is 3. The Bertz CT molecular complexity index is 793. The first-order valence-corrected chi connectivity index (χ1v) is 9.05. The minimum absolute atomic E-state index is 0.101. The first-order chi connectivity index (χ1) is 12.0. The summed E-state index contributed by atoms with van der Waals surface area (Å²) in [6.45, 7) is 9.88. The van der Waals surface area contributed by atoms with Crippen molar-refractivity contribution in [2.45, 2.75) is 52.6 Å². The van der Waals surface area contributed by atoms with Gasteiger partial charge in [-0.15, -0.1) is 0 Å². The highest BCUT2D eigenvalue weighted by molar-refractivity contribution is 5.43. The van der Waals surface area contributed by atoms with E-state index in [-0.39, 0.29) is 5.69 Å². The van der Waals surface area contributed by atoms with Crippen LogP contribution in [0.2, 0.25) is 0 Å². The number of piperidine rings is 1. The second-order valence-electron chi connectivity index (χ2n) is 6.88. The van der Waals surface area contributed by atoms with Gasteiger partial charge in [0, 0.05) is 25.6 Å². The van der Waals surface area contributed by atoms with Gasteiger partial charge in [-0.2, -0.15) is 5.10 Å². The van der Waals surface area contributed by atoms with E-state index in [1.807, 2.05) is 6.92 Å². The van der Waals surface area contributed by atoms with E-state index in [1.54, 1.807) is 11.7 Å². The summed E-state index contributed by atoms with van der Waals surface area (Å²) in [7, 11) is 1.72. The van der Waals surface area contributed by atoms with Crippen molar-refractivity contribution in [3.8, 4) is 5.75 Å². The fraction of sp³-hybridized carbons (Fsp3) is 0.579. The van der Waals surface area contributed by atoms with Crippen LogP contribution in [0.15, 0.2) is 16.9 Å². The van der Waals surface area contributed by atoms with Gasteiger partial charge in [0.25, 0.3) is 0 Å². The monoisotopic (exact) mass is 344 g/mol. The molecule has 0 saturated carbocycles. The molecule has 0 unspecified atom stereocenters. The molecule has 0 aliphatic carbocycles. The summed E-state index contributed by atoms with van der Waals surface area (Å²) in [5.74, 6) is 2.16. The first kappa shape index (κ1) is 17.7. The molecule has 0 spiro atoms. The fourth-order valence-electron chi connectivity index (χ4n) is 3.84. The molecular weight excluding hydrogens is 316 g/mol. The van der Waals surface area contributed by atoms with Gasteiger partial charge in [-0.25, -0.2) is 9.89 Å². The van der Waals surface area contributed by atoms with Crippen LogP contribution in [0.3, 0.4) is 0 Å². The van der Waals surface area contributed by atoms with Crippen LogP contribution < -0.4 is 10.4 Å². The molecular formula is C19H28N4O2. The zero-order chi connectivity index (χ0) is 18.0. The van der Waals surface area contributed by atoms with Crippen molar-refractivity contribution in [2.24, 2.45) is 0 Å². The van der Waals surface area contributed by atoms with Gasteiger partial charge in [-0.05, 0) is 62.9 Å². The third kappa shape index (κ3) is 3.49. The number of aromatic amines is 1. The van der Waals surface area contributed by atoms with E-state index in [0.29, 0.717) is 12.5 Å². The van der Waals surface area contributed by atoms with Gasteiger partial charge in [-0.1, -0.05) is 6.07 Å². The predicted molar refractivity (Wildman–Crippen MR) is 98.2 cm³/mol. The van der Waals surface area contributed by atoms with Gasteiger partial charge in [-0.3, -0.25) is 9.47 Å². The normalized spacial score (nSPS) is 18.5. The van der Waals surface area contributed by atoms with Crippen LogP contribution in [0.4, 0.5) is 0 Å². The highest BCUT2D eigenvalue weighted by Gasteiger charge is 2.26. The van der Waals surface area contributed by atoms with E-state index < -0.39 is 0 Å². The molecule has 1 atom stereocenters. The van der Waals surface area contributed by atoms with Crippen molar-refractivity contribution in [1.29, 1.82) is 0 Å². The van der Waals surface area contributed by atoms with Crippen molar-refractivity contribution in [2.75, 3.05) is 20.2 Å². The second kappa shape index (κ2) is 7.44. The van der Waals surface area contributed by atoms with Crippen LogP contribution in [-0.4, -0.2) is 39.9 Å². The number of ether oxygens (including phenoxy) is 1. The van der Waals surface area contributed by atoms with Gasteiger partial charge in [0.1, 0.15) is 11.6 Å². The zero-order valence-corrected chi connectivity index (χ0v) is 15.6. The Kier molecular flexibility index (Phi) is 5.27. The lowest BCUT2D eigenvalue weighted by molar-refractivity contribution is 0.194. The van der Waals surface area contributed by atoms with Crippen molar-refractivity contribution in [3.63, 3.8) is 0 Å². The molecule has 2 aromatic rings. The van der Waals surface area contributed by atoms with E-state index in [2.05, 4.69) is 41.1 Å². The standard InChI is InChI=1S/C19H28N4O2/c1-5-23-18(20-21-19(23)24)16-7-6-10-22(12-16)11-15-8-9-17(25-4)14(3)13(15)2/h8-9,16H,5-7,10-12H2,1-4H3,(H,21,24)/t16-/m1/s1. The molecule has 6 heteroatoms. The average Bonchev–Trinajstić information content (AvgIpc) is 3.00. The van der Waals surface area contributed by atoms with Crippen LogP contribution in [0.25, 0.3) is 0 Å². The van der Waals surface area contributed by atoms with Crippen molar-refractivity contribution < 1.29 is 4.74 Å². The molecule has 0 bridgehead atoms. The largest absolute Gasteiger partial charge is 0.496 e. The number of hydrogen-bond donors (Lipinski definition) is 1. The highest BCUT2D eigenvalue weighted by Crippen LogP contribution is 2.28. The molecule has 1 N–H and O–H groups in total. The Balaban J connectivity index is 1.76. The smallest absolute Gasteiger partial charge is 0.343 e. The molecule has 1 aromatic heterocycles. The van der Waals surface area contributed by atoms with Gasteiger partial charge in [0.05, 0.1) is 7.11 Å². The van der Waals surface area contributed by atoms with Gasteiger partial charge in [0.15, 0.2) is 0 Å². The van der Waals surface area contributed by atoms with Gasteiger partial charge in [0.2, 0.25) is 0 Å². The molecule has 0 amide bonds. The van der Waals surface area contributed by atoms with E-state index in [0.717, 1.165) is 44.0 Å². The van der Waals surface area contributed by atoms with E-state index >= 15 is 0 Å². The van der Waals surface area contributed by atoms with Crippen LogP contribution in [-0.2, 0) is 13.1 Å². The van der Waals surface area contributed by atoms with Crippen LogP contribution in [0, 0.1) is 13.8 Å². The Labute approximate surface area is 148 Å². The molecule has 25 heavy (non-hydrogen) atoms. The molecule has 6 nitrogen and oxygen atoms in total. The van der Waals surface area contributed by atoms with Crippen molar-refractivity contribution in [3.05, 3.63) is 45.1 Å². The van der Waals surface area contributed by atoms with Crippen molar-refractivity contribution in [1.82, 2.24) is 19.7 Å². The predicted octanol–water partition coefficient (Wildman–Crippen LogP) is 2.60. The summed E-state index contributed by atoms with van der Waals surface area (Å²) in [6.07, 6.45) is 2.21. The third-order valence-electron chi connectivity index (χ3n) is 5.44. The third-order valence-corrected chi connectivity index (χ3v) is 5.44. The summed E-state index contributed by atoms with van der Waals surface area (Å²) in [5.41, 5.74) is 3.75. The van der Waals surface area contributed by atoms with E-state index in [4.69, 9.17) is 4.74 Å². The number of H-pyrrole nitrogens is 1.